The predicted molar refractivity (Wildman–Crippen MR) is 140 cm³/mol. The largest absolute Gasteiger partial charge is 0.311 e. The average Bonchev–Trinajstić information content (AvgIpc) is 3.17. The quantitative estimate of drug-likeness (QED) is 0.297. The highest BCUT2D eigenvalue weighted by molar-refractivity contribution is 7.89. The fourth-order valence-electron chi connectivity index (χ4n) is 3.56. The van der Waals surface area contributed by atoms with Gasteiger partial charge in [0, 0.05) is 25.2 Å². The van der Waals surface area contributed by atoms with Gasteiger partial charge in [-0.3, -0.25) is 4.79 Å². The van der Waals surface area contributed by atoms with Crippen LogP contribution in [0.1, 0.15) is 49.9 Å². The molecule has 182 valence electrons. The number of unbranched alkanes of at least 4 members (excludes halogenated alkanes) is 2. The van der Waals surface area contributed by atoms with E-state index in [0.717, 1.165) is 35.9 Å². The lowest BCUT2D eigenvalue weighted by Crippen LogP contribution is -2.33. The number of thiazole rings is 1. The fraction of sp³-hybridized carbons (Fsp3) is 0.360. The van der Waals surface area contributed by atoms with E-state index >= 15 is 0 Å². The molecule has 1 heterocycles. The fourth-order valence-corrected chi connectivity index (χ4v) is 6.48. The molecule has 0 aliphatic carbocycles. The van der Waals surface area contributed by atoms with Gasteiger partial charge >= 0.3 is 0 Å². The van der Waals surface area contributed by atoms with Crippen molar-refractivity contribution in [3.8, 4) is 0 Å². The van der Waals surface area contributed by atoms with Crippen LogP contribution in [0.15, 0.2) is 65.0 Å². The summed E-state index contributed by atoms with van der Waals surface area (Å²) in [6.45, 7) is 9.31. The van der Waals surface area contributed by atoms with Crippen molar-refractivity contribution in [3.05, 3.63) is 70.5 Å². The summed E-state index contributed by atoms with van der Waals surface area (Å²) in [5, 5.41) is 0.578. The third-order valence-electron chi connectivity index (χ3n) is 5.42. The highest BCUT2D eigenvalue weighted by Crippen LogP contribution is 2.25. The van der Waals surface area contributed by atoms with Gasteiger partial charge in [-0.25, -0.2) is 8.42 Å². The number of carbonyl (C=O) groups excluding carboxylic acids is 1. The number of fused-ring (bicyclic) bond motifs is 1. The van der Waals surface area contributed by atoms with E-state index in [2.05, 4.69) is 11.6 Å². The number of rotatable bonds is 11. The lowest BCUT2D eigenvalue weighted by Gasteiger charge is -2.22. The molecule has 1 aromatic heterocycles. The van der Waals surface area contributed by atoms with Crippen LogP contribution in [0, 0.1) is 0 Å². The van der Waals surface area contributed by atoms with Gasteiger partial charge in [-0.1, -0.05) is 61.8 Å². The van der Waals surface area contributed by atoms with Crippen LogP contribution >= 0.6 is 22.9 Å². The molecule has 0 radical (unpaired) electrons. The highest BCUT2D eigenvalue weighted by Gasteiger charge is 2.23. The van der Waals surface area contributed by atoms with Crippen LogP contribution in [-0.2, 0) is 16.6 Å². The molecule has 3 aromatic rings. The summed E-state index contributed by atoms with van der Waals surface area (Å²) in [4.78, 5) is 17.9. The first-order valence-corrected chi connectivity index (χ1v) is 14.0. The van der Waals surface area contributed by atoms with Crippen molar-refractivity contribution >= 4 is 49.1 Å². The molecule has 9 heteroatoms. The Balaban J connectivity index is 1.92. The molecule has 2 aromatic carbocycles. The van der Waals surface area contributed by atoms with Crippen molar-refractivity contribution < 1.29 is 13.2 Å². The topological polar surface area (TPSA) is 71.7 Å². The third kappa shape index (κ3) is 5.86. The Morgan fingerprint density at radius 2 is 1.76 bits per heavy atom. The number of halogens is 1. The van der Waals surface area contributed by atoms with E-state index in [0.29, 0.717) is 35.0 Å². The number of carbonyl (C=O) groups is 1. The number of allylic oxidation sites excluding steroid dienone is 1. The maximum absolute atomic E-state index is 13.2. The van der Waals surface area contributed by atoms with Crippen molar-refractivity contribution in [3.63, 3.8) is 0 Å². The predicted octanol–water partition coefficient (Wildman–Crippen LogP) is 5.87. The Kier molecular flexibility index (Phi) is 9.24. The van der Waals surface area contributed by atoms with E-state index in [9.17, 15) is 13.2 Å². The zero-order chi connectivity index (χ0) is 24.7. The Labute approximate surface area is 210 Å². The van der Waals surface area contributed by atoms with Crippen LogP contribution in [0.4, 0.5) is 0 Å². The lowest BCUT2D eigenvalue weighted by molar-refractivity contribution is 0.0997. The Morgan fingerprint density at radius 1 is 1.12 bits per heavy atom. The third-order valence-corrected chi connectivity index (χ3v) is 8.68. The smallest absolute Gasteiger partial charge is 0.279 e. The zero-order valence-electron chi connectivity index (χ0n) is 19.5. The number of hydrogen-bond donors (Lipinski definition) is 0. The molecular formula is C25H30ClN3O3S2. The van der Waals surface area contributed by atoms with E-state index in [1.807, 2.05) is 30.5 Å². The zero-order valence-corrected chi connectivity index (χ0v) is 21.9. The summed E-state index contributed by atoms with van der Waals surface area (Å²) in [6, 6.07) is 11.6. The number of amides is 1. The van der Waals surface area contributed by atoms with Gasteiger partial charge in [0.2, 0.25) is 10.0 Å². The second-order valence-corrected chi connectivity index (χ2v) is 11.3. The maximum atomic E-state index is 13.2. The van der Waals surface area contributed by atoms with Crippen molar-refractivity contribution in [1.29, 1.82) is 0 Å². The van der Waals surface area contributed by atoms with Gasteiger partial charge in [-0.2, -0.15) is 9.30 Å². The minimum atomic E-state index is -3.62. The van der Waals surface area contributed by atoms with E-state index in [4.69, 9.17) is 11.6 Å². The van der Waals surface area contributed by atoms with E-state index in [-0.39, 0.29) is 4.90 Å². The second kappa shape index (κ2) is 11.9. The first kappa shape index (κ1) is 26.3. The first-order chi connectivity index (χ1) is 16.3. The normalized spacial score (nSPS) is 12.5. The summed E-state index contributed by atoms with van der Waals surface area (Å²) in [7, 11) is -3.62. The molecule has 34 heavy (non-hydrogen) atoms. The molecule has 6 nitrogen and oxygen atoms in total. The molecule has 3 rings (SSSR count). The van der Waals surface area contributed by atoms with E-state index < -0.39 is 15.9 Å². The molecule has 0 saturated carbocycles. The number of benzene rings is 2. The minimum Gasteiger partial charge on any atom is -0.311 e. The number of aromatic nitrogens is 1. The number of nitrogens with zero attached hydrogens (tertiary/aromatic N) is 3. The molecule has 0 spiro atoms. The van der Waals surface area contributed by atoms with Crippen molar-refractivity contribution in [1.82, 2.24) is 8.87 Å². The van der Waals surface area contributed by atoms with Crippen LogP contribution in [-0.4, -0.2) is 36.3 Å². The van der Waals surface area contributed by atoms with Gasteiger partial charge in [-0.05, 0) is 49.2 Å². The molecule has 0 aliphatic heterocycles. The summed E-state index contributed by atoms with van der Waals surface area (Å²) >= 11 is 7.75. The van der Waals surface area contributed by atoms with E-state index in [1.54, 1.807) is 16.4 Å². The molecule has 0 bridgehead atoms. The Hall–Kier alpha value is -2.26. The molecule has 0 atom stereocenters. The van der Waals surface area contributed by atoms with Gasteiger partial charge < -0.3 is 4.57 Å². The number of hydrogen-bond acceptors (Lipinski definition) is 4. The molecule has 0 N–H and O–H groups in total. The van der Waals surface area contributed by atoms with Crippen LogP contribution in [0.5, 0.6) is 0 Å². The molecule has 0 aliphatic rings. The van der Waals surface area contributed by atoms with Gasteiger partial charge in [0.25, 0.3) is 5.91 Å². The van der Waals surface area contributed by atoms with Crippen molar-refractivity contribution in [2.24, 2.45) is 4.99 Å². The van der Waals surface area contributed by atoms with Crippen LogP contribution in [0.25, 0.3) is 10.2 Å². The van der Waals surface area contributed by atoms with Crippen molar-refractivity contribution in [2.45, 2.75) is 51.0 Å². The van der Waals surface area contributed by atoms with Gasteiger partial charge in [0.15, 0.2) is 4.80 Å². The average molecular weight is 520 g/mol. The number of sulfonamides is 1. The molecular weight excluding hydrogens is 490 g/mol. The van der Waals surface area contributed by atoms with Crippen LogP contribution in [0.2, 0.25) is 5.02 Å². The molecule has 0 unspecified atom stereocenters. The summed E-state index contributed by atoms with van der Waals surface area (Å²) in [5.41, 5.74) is 1.13. The van der Waals surface area contributed by atoms with Gasteiger partial charge in [0.1, 0.15) is 0 Å². The monoisotopic (exact) mass is 519 g/mol. The standard InChI is InChI=1S/C25H30ClN3O3S2/c1-4-7-17-28(18-8-5-2)34(31,32)20-14-12-19(13-15-20)24(30)27-25-29(16-6-3)23-21(26)10-9-11-22(23)33-25/h6,9-15H,3-5,7-8,16-18H2,1-2H3. The lowest BCUT2D eigenvalue weighted by atomic mass is 10.2. The first-order valence-electron chi connectivity index (χ1n) is 11.4. The minimum absolute atomic E-state index is 0.187. The highest BCUT2D eigenvalue weighted by atomic mass is 35.5. The van der Waals surface area contributed by atoms with Crippen LogP contribution in [0.3, 0.4) is 0 Å². The van der Waals surface area contributed by atoms with E-state index in [1.165, 1.54) is 35.6 Å². The molecule has 0 saturated heterocycles. The Morgan fingerprint density at radius 3 is 2.35 bits per heavy atom. The SMILES string of the molecule is C=CCn1c(=NC(=O)c2ccc(S(=O)(=O)N(CCCC)CCCC)cc2)sc2cccc(Cl)c21. The molecule has 0 fully saturated rings. The molecule has 1 amide bonds. The summed E-state index contributed by atoms with van der Waals surface area (Å²) in [5.74, 6) is -0.446. The summed E-state index contributed by atoms with van der Waals surface area (Å²) in [6.07, 6.45) is 5.18. The van der Waals surface area contributed by atoms with Crippen molar-refractivity contribution in [2.75, 3.05) is 13.1 Å². The number of para-hydroxylation sites is 1. The maximum Gasteiger partial charge on any atom is 0.279 e. The second-order valence-electron chi connectivity index (χ2n) is 7.92. The van der Waals surface area contributed by atoms with Crippen LogP contribution < -0.4 is 4.80 Å². The van der Waals surface area contributed by atoms with Gasteiger partial charge in [0.05, 0.1) is 20.1 Å². The Bertz CT molecular complexity index is 1320. The summed E-state index contributed by atoms with van der Waals surface area (Å²) < 4.78 is 30.6. The van der Waals surface area contributed by atoms with Gasteiger partial charge in [-0.15, -0.1) is 6.58 Å².